The third kappa shape index (κ3) is 6.12. The molecular formula is C27H26F3N3O5. The van der Waals surface area contributed by atoms with Gasteiger partial charge in [-0.05, 0) is 41.3 Å². The van der Waals surface area contributed by atoms with Gasteiger partial charge in [0.15, 0.2) is 5.60 Å². The Morgan fingerprint density at radius 3 is 1.95 bits per heavy atom. The van der Waals surface area contributed by atoms with Crippen molar-refractivity contribution in [3.05, 3.63) is 94.0 Å². The van der Waals surface area contributed by atoms with Crippen LogP contribution in [-0.4, -0.2) is 58.3 Å². The SMILES string of the molecule is CC(O)(c1ccc(-c2ccc(CN3CCN(C(=O)Oc4ccc([N+](=O)[O-])cc4)CC3)cc2)cc1)C(F)(F)F. The zero-order valence-electron chi connectivity index (χ0n) is 20.5. The zero-order chi connectivity index (χ0) is 27.5. The molecule has 0 radical (unpaired) electrons. The fraction of sp³-hybridized carbons (Fsp3) is 0.296. The molecule has 1 aliphatic heterocycles. The predicted octanol–water partition coefficient (Wildman–Crippen LogP) is 5.35. The first-order valence-electron chi connectivity index (χ1n) is 11.9. The van der Waals surface area contributed by atoms with E-state index < -0.39 is 22.8 Å². The van der Waals surface area contributed by atoms with Crippen LogP contribution in [0.1, 0.15) is 18.1 Å². The number of carbonyl (C=O) groups excluding carboxylic acids is 1. The number of ether oxygens (including phenoxy) is 1. The van der Waals surface area contributed by atoms with Crippen LogP contribution in [0.5, 0.6) is 5.75 Å². The van der Waals surface area contributed by atoms with Gasteiger partial charge in [0.05, 0.1) is 4.92 Å². The molecule has 0 aliphatic carbocycles. The van der Waals surface area contributed by atoms with Gasteiger partial charge in [-0.3, -0.25) is 15.0 Å². The summed E-state index contributed by atoms with van der Waals surface area (Å²) in [6.45, 7) is 3.61. The molecule has 0 spiro atoms. The van der Waals surface area contributed by atoms with Gasteiger partial charge in [0.2, 0.25) is 0 Å². The molecule has 200 valence electrons. The number of nitro benzene ring substituents is 1. The number of piperazine rings is 1. The lowest BCUT2D eigenvalue weighted by atomic mass is 9.93. The van der Waals surface area contributed by atoms with Crippen molar-refractivity contribution < 1.29 is 32.7 Å². The molecule has 38 heavy (non-hydrogen) atoms. The molecule has 1 aliphatic rings. The van der Waals surface area contributed by atoms with E-state index in [0.717, 1.165) is 23.6 Å². The average molecular weight is 530 g/mol. The number of aliphatic hydroxyl groups is 1. The molecule has 0 bridgehead atoms. The second-order valence-corrected chi connectivity index (χ2v) is 9.23. The monoisotopic (exact) mass is 529 g/mol. The minimum atomic E-state index is -4.77. The highest BCUT2D eigenvalue weighted by Crippen LogP contribution is 2.39. The van der Waals surface area contributed by atoms with Crippen LogP contribution in [0, 0.1) is 10.1 Å². The molecule has 3 aromatic rings. The van der Waals surface area contributed by atoms with E-state index in [-0.39, 0.29) is 17.0 Å². The highest BCUT2D eigenvalue weighted by Gasteiger charge is 2.51. The number of amides is 1. The van der Waals surface area contributed by atoms with Gasteiger partial charge < -0.3 is 14.7 Å². The summed E-state index contributed by atoms with van der Waals surface area (Å²) < 4.78 is 44.5. The molecule has 1 heterocycles. The first-order chi connectivity index (χ1) is 17.9. The molecule has 8 nitrogen and oxygen atoms in total. The maximum atomic E-state index is 13.1. The lowest BCUT2D eigenvalue weighted by Gasteiger charge is -2.34. The molecule has 0 aromatic heterocycles. The van der Waals surface area contributed by atoms with Crippen molar-refractivity contribution in [3.8, 4) is 16.9 Å². The van der Waals surface area contributed by atoms with Crippen LogP contribution >= 0.6 is 0 Å². The van der Waals surface area contributed by atoms with Crippen LogP contribution in [-0.2, 0) is 12.1 Å². The summed E-state index contributed by atoms with van der Waals surface area (Å²) >= 11 is 0. The average Bonchev–Trinajstić information content (AvgIpc) is 2.89. The number of carbonyl (C=O) groups is 1. The van der Waals surface area contributed by atoms with Gasteiger partial charge in [0.25, 0.3) is 5.69 Å². The predicted molar refractivity (Wildman–Crippen MR) is 133 cm³/mol. The van der Waals surface area contributed by atoms with Crippen molar-refractivity contribution in [2.45, 2.75) is 25.2 Å². The maximum Gasteiger partial charge on any atom is 0.421 e. The summed E-state index contributed by atoms with van der Waals surface area (Å²) in [5.74, 6) is 0.239. The van der Waals surface area contributed by atoms with Crippen LogP contribution in [0.15, 0.2) is 72.8 Å². The maximum absolute atomic E-state index is 13.1. The Bertz CT molecular complexity index is 1270. The zero-order valence-corrected chi connectivity index (χ0v) is 20.5. The second-order valence-electron chi connectivity index (χ2n) is 9.23. The molecule has 11 heteroatoms. The minimum absolute atomic E-state index is 0.0838. The van der Waals surface area contributed by atoms with Crippen LogP contribution in [0.3, 0.4) is 0 Å². The van der Waals surface area contributed by atoms with Crippen molar-refractivity contribution in [1.82, 2.24) is 9.80 Å². The largest absolute Gasteiger partial charge is 0.421 e. The number of hydrogen-bond donors (Lipinski definition) is 1. The molecule has 1 N–H and O–H groups in total. The highest BCUT2D eigenvalue weighted by molar-refractivity contribution is 5.71. The molecule has 1 unspecified atom stereocenters. The van der Waals surface area contributed by atoms with E-state index in [1.165, 1.54) is 36.4 Å². The van der Waals surface area contributed by atoms with Crippen molar-refractivity contribution in [1.29, 1.82) is 0 Å². The molecule has 4 rings (SSSR count). The van der Waals surface area contributed by atoms with Crippen LogP contribution in [0.2, 0.25) is 0 Å². The number of nitrogens with zero attached hydrogens (tertiary/aromatic N) is 3. The van der Waals surface area contributed by atoms with Gasteiger partial charge in [0, 0.05) is 44.9 Å². The third-order valence-electron chi connectivity index (χ3n) is 6.58. The van der Waals surface area contributed by atoms with Gasteiger partial charge in [-0.2, -0.15) is 13.2 Å². The Kier molecular flexibility index (Phi) is 7.70. The quantitative estimate of drug-likeness (QED) is 0.342. The Morgan fingerprint density at radius 1 is 0.921 bits per heavy atom. The summed E-state index contributed by atoms with van der Waals surface area (Å²) in [6, 6.07) is 18.7. The van der Waals surface area contributed by atoms with E-state index in [1.54, 1.807) is 17.0 Å². The smallest absolute Gasteiger partial charge is 0.410 e. The van der Waals surface area contributed by atoms with E-state index in [1.807, 2.05) is 24.3 Å². The molecule has 1 atom stereocenters. The number of halogens is 3. The van der Waals surface area contributed by atoms with Crippen molar-refractivity contribution in [2.75, 3.05) is 26.2 Å². The van der Waals surface area contributed by atoms with Gasteiger partial charge in [0.1, 0.15) is 5.75 Å². The van der Waals surface area contributed by atoms with E-state index in [9.17, 15) is 33.2 Å². The molecule has 1 amide bonds. The molecule has 1 saturated heterocycles. The first-order valence-corrected chi connectivity index (χ1v) is 11.9. The van der Waals surface area contributed by atoms with Gasteiger partial charge in [-0.15, -0.1) is 0 Å². The van der Waals surface area contributed by atoms with Gasteiger partial charge in [-0.25, -0.2) is 4.79 Å². The van der Waals surface area contributed by atoms with E-state index in [0.29, 0.717) is 32.7 Å². The summed E-state index contributed by atoms with van der Waals surface area (Å²) in [4.78, 5) is 26.4. The topological polar surface area (TPSA) is 96.2 Å². The number of benzene rings is 3. The Labute approximate surface area is 217 Å². The number of alkyl halides is 3. The Morgan fingerprint density at radius 2 is 1.45 bits per heavy atom. The van der Waals surface area contributed by atoms with Crippen LogP contribution in [0.25, 0.3) is 11.1 Å². The lowest BCUT2D eigenvalue weighted by molar-refractivity contribution is -0.384. The van der Waals surface area contributed by atoms with Gasteiger partial charge >= 0.3 is 12.3 Å². The second kappa shape index (κ2) is 10.8. The normalized spacial score (nSPS) is 16.1. The molecule has 1 fully saturated rings. The Balaban J connectivity index is 1.28. The Hall–Kier alpha value is -3.96. The fourth-order valence-electron chi connectivity index (χ4n) is 4.10. The highest BCUT2D eigenvalue weighted by atomic mass is 19.4. The number of hydrogen-bond acceptors (Lipinski definition) is 6. The first kappa shape index (κ1) is 27.1. The van der Waals surface area contributed by atoms with Crippen molar-refractivity contribution in [2.24, 2.45) is 0 Å². The van der Waals surface area contributed by atoms with E-state index in [4.69, 9.17) is 4.74 Å². The van der Waals surface area contributed by atoms with Crippen LogP contribution < -0.4 is 4.74 Å². The van der Waals surface area contributed by atoms with Crippen molar-refractivity contribution >= 4 is 11.8 Å². The molecular weight excluding hydrogens is 503 g/mol. The summed E-state index contributed by atoms with van der Waals surface area (Å²) in [5, 5.41) is 20.6. The number of non-ortho nitro benzene ring substituents is 1. The standard InChI is InChI=1S/C27H26F3N3O5/c1-26(35,27(28,29)30)22-8-6-21(7-9-22)20-4-2-19(3-5-20)18-31-14-16-32(17-15-31)25(34)38-24-12-10-23(11-13-24)33(36)37/h2-13,35H,14-18H2,1H3. The third-order valence-corrected chi connectivity index (χ3v) is 6.58. The summed E-state index contributed by atoms with van der Waals surface area (Å²) in [5.41, 5.74) is -0.599. The minimum Gasteiger partial charge on any atom is -0.410 e. The van der Waals surface area contributed by atoms with E-state index in [2.05, 4.69) is 4.90 Å². The van der Waals surface area contributed by atoms with Crippen LogP contribution in [0.4, 0.5) is 23.7 Å². The number of nitro groups is 1. The molecule has 0 saturated carbocycles. The summed E-state index contributed by atoms with van der Waals surface area (Å²) in [6.07, 6.45) is -5.28. The number of rotatable bonds is 6. The molecule has 3 aromatic carbocycles. The van der Waals surface area contributed by atoms with E-state index >= 15 is 0 Å². The van der Waals surface area contributed by atoms with Gasteiger partial charge in [-0.1, -0.05) is 48.5 Å². The van der Waals surface area contributed by atoms with Crippen molar-refractivity contribution in [3.63, 3.8) is 0 Å². The lowest BCUT2D eigenvalue weighted by Crippen LogP contribution is -2.49. The summed E-state index contributed by atoms with van der Waals surface area (Å²) in [7, 11) is 0. The fourth-order valence-corrected chi connectivity index (χ4v) is 4.10.